The van der Waals surface area contributed by atoms with Gasteiger partial charge in [0.1, 0.15) is 0 Å². The number of unbranched alkanes of at least 4 members (excludes halogenated alkanes) is 2. The maximum absolute atomic E-state index is 12.8. The molecule has 0 N–H and O–H groups in total. The van der Waals surface area contributed by atoms with Crippen LogP contribution >= 0.6 is 11.8 Å². The molecule has 124 valence electrons. The van der Waals surface area contributed by atoms with Gasteiger partial charge in [0.15, 0.2) is 0 Å². The monoisotopic (exact) mass is 331 g/mol. The second-order valence-electron chi connectivity index (χ2n) is 5.91. The van der Waals surface area contributed by atoms with E-state index in [0.29, 0.717) is 17.0 Å². The van der Waals surface area contributed by atoms with Crippen molar-refractivity contribution in [1.29, 1.82) is 0 Å². The predicted octanol–water partition coefficient (Wildman–Crippen LogP) is 4.33. The van der Waals surface area contributed by atoms with Gasteiger partial charge in [-0.2, -0.15) is 0 Å². The molecule has 0 aliphatic carbocycles. The summed E-state index contributed by atoms with van der Waals surface area (Å²) in [4.78, 5) is 27.5. The molecule has 0 saturated heterocycles. The predicted molar refractivity (Wildman–Crippen MR) is 97.2 cm³/mol. The minimum atomic E-state index is -0.134. The minimum absolute atomic E-state index is 0.119. The number of imide groups is 1. The summed E-state index contributed by atoms with van der Waals surface area (Å²) in [6.07, 6.45) is 2.98. The normalized spacial score (nSPS) is 15.0. The van der Waals surface area contributed by atoms with E-state index in [1.807, 2.05) is 39.0 Å². The maximum atomic E-state index is 12.8. The lowest BCUT2D eigenvalue weighted by Gasteiger charge is -2.14. The van der Waals surface area contributed by atoms with E-state index in [2.05, 4.69) is 6.92 Å². The highest BCUT2D eigenvalue weighted by molar-refractivity contribution is 8.04. The van der Waals surface area contributed by atoms with Crippen molar-refractivity contribution in [2.24, 2.45) is 0 Å². The van der Waals surface area contributed by atoms with Crippen LogP contribution in [0.2, 0.25) is 0 Å². The lowest BCUT2D eigenvalue weighted by atomic mass is 10.0. The molecule has 2 rings (SSSR count). The zero-order chi connectivity index (χ0) is 17.0. The van der Waals surface area contributed by atoms with Gasteiger partial charge in [-0.25, -0.2) is 0 Å². The Morgan fingerprint density at radius 3 is 2.35 bits per heavy atom. The molecule has 1 aliphatic rings. The Labute approximate surface area is 143 Å². The van der Waals surface area contributed by atoms with Crippen molar-refractivity contribution >= 4 is 29.1 Å². The molecule has 0 aromatic heterocycles. The standard InChI is InChI=1S/C19H25NO2S/c1-5-7-8-11-20-18(21)16(17(19(20)22)23-6-2)15-10-9-13(3)14(4)12-15/h9-10,12H,5-8,11H2,1-4H3. The first-order valence-corrected chi connectivity index (χ1v) is 9.30. The zero-order valence-corrected chi connectivity index (χ0v) is 15.3. The third kappa shape index (κ3) is 3.69. The lowest BCUT2D eigenvalue weighted by Crippen LogP contribution is -2.32. The van der Waals surface area contributed by atoms with Gasteiger partial charge in [-0.3, -0.25) is 14.5 Å². The average Bonchev–Trinajstić information content (AvgIpc) is 2.75. The average molecular weight is 331 g/mol. The van der Waals surface area contributed by atoms with Gasteiger partial charge < -0.3 is 0 Å². The zero-order valence-electron chi connectivity index (χ0n) is 14.4. The summed E-state index contributed by atoms with van der Waals surface area (Å²) in [6.45, 7) is 8.73. The second kappa shape index (κ2) is 7.82. The van der Waals surface area contributed by atoms with Gasteiger partial charge >= 0.3 is 0 Å². The number of carbonyl (C=O) groups excluding carboxylic acids is 2. The van der Waals surface area contributed by atoms with Crippen LogP contribution in [0.4, 0.5) is 0 Å². The molecule has 1 aromatic rings. The number of nitrogens with zero attached hydrogens (tertiary/aromatic N) is 1. The van der Waals surface area contributed by atoms with E-state index >= 15 is 0 Å². The molecule has 0 bridgehead atoms. The quantitative estimate of drug-likeness (QED) is 0.551. The van der Waals surface area contributed by atoms with E-state index in [-0.39, 0.29) is 11.8 Å². The van der Waals surface area contributed by atoms with Crippen LogP contribution in [0.15, 0.2) is 23.1 Å². The van der Waals surface area contributed by atoms with Gasteiger partial charge in [0.25, 0.3) is 11.8 Å². The first-order valence-electron chi connectivity index (χ1n) is 8.32. The van der Waals surface area contributed by atoms with Crippen molar-refractivity contribution in [1.82, 2.24) is 4.90 Å². The molecule has 0 saturated carbocycles. The van der Waals surface area contributed by atoms with E-state index in [4.69, 9.17) is 0 Å². The van der Waals surface area contributed by atoms with Crippen molar-refractivity contribution in [3.63, 3.8) is 0 Å². The third-order valence-electron chi connectivity index (χ3n) is 4.20. The number of amides is 2. The van der Waals surface area contributed by atoms with E-state index in [0.717, 1.165) is 36.1 Å². The molecular weight excluding hydrogens is 306 g/mol. The largest absolute Gasteiger partial charge is 0.274 e. The van der Waals surface area contributed by atoms with Gasteiger partial charge in [0.05, 0.1) is 10.5 Å². The Kier molecular flexibility index (Phi) is 6.05. The molecule has 1 aromatic carbocycles. The smallest absolute Gasteiger partial charge is 0.267 e. The van der Waals surface area contributed by atoms with Crippen molar-refractivity contribution in [2.45, 2.75) is 47.0 Å². The first kappa shape index (κ1) is 17.8. The molecule has 4 heteroatoms. The summed E-state index contributed by atoms with van der Waals surface area (Å²) in [7, 11) is 0. The molecule has 0 unspecified atom stereocenters. The third-order valence-corrected chi connectivity index (χ3v) is 5.15. The van der Waals surface area contributed by atoms with Crippen molar-refractivity contribution < 1.29 is 9.59 Å². The Bertz CT molecular complexity index is 649. The summed E-state index contributed by atoms with van der Waals surface area (Å²) in [5.41, 5.74) is 3.78. The highest BCUT2D eigenvalue weighted by atomic mass is 32.2. The van der Waals surface area contributed by atoms with Gasteiger partial charge in [-0.05, 0) is 42.7 Å². The molecule has 0 spiro atoms. The molecule has 2 amide bonds. The highest BCUT2D eigenvalue weighted by Gasteiger charge is 2.38. The van der Waals surface area contributed by atoms with Gasteiger partial charge in [0.2, 0.25) is 0 Å². The Morgan fingerprint density at radius 1 is 1.00 bits per heavy atom. The molecular formula is C19H25NO2S. The fraction of sp³-hybridized carbons (Fsp3) is 0.474. The van der Waals surface area contributed by atoms with Crippen LogP contribution in [0, 0.1) is 13.8 Å². The van der Waals surface area contributed by atoms with Gasteiger partial charge in [-0.1, -0.05) is 44.9 Å². The summed E-state index contributed by atoms with van der Waals surface area (Å²) in [6, 6.07) is 5.99. The summed E-state index contributed by atoms with van der Waals surface area (Å²) in [5.74, 6) is 0.530. The summed E-state index contributed by atoms with van der Waals surface area (Å²) < 4.78 is 0. The topological polar surface area (TPSA) is 37.4 Å². The van der Waals surface area contributed by atoms with Crippen LogP contribution in [0.1, 0.15) is 49.8 Å². The minimum Gasteiger partial charge on any atom is -0.274 e. The maximum Gasteiger partial charge on any atom is 0.267 e. The van der Waals surface area contributed by atoms with E-state index in [1.54, 1.807) is 0 Å². The molecule has 0 atom stereocenters. The van der Waals surface area contributed by atoms with Crippen molar-refractivity contribution in [2.75, 3.05) is 12.3 Å². The van der Waals surface area contributed by atoms with Crippen LogP contribution in [0.3, 0.4) is 0 Å². The molecule has 3 nitrogen and oxygen atoms in total. The van der Waals surface area contributed by atoms with Crippen LogP contribution in [-0.2, 0) is 9.59 Å². The number of rotatable bonds is 7. The van der Waals surface area contributed by atoms with Crippen LogP contribution < -0.4 is 0 Å². The van der Waals surface area contributed by atoms with E-state index in [1.165, 1.54) is 22.2 Å². The fourth-order valence-corrected chi connectivity index (χ4v) is 3.58. The number of carbonyl (C=O) groups is 2. The van der Waals surface area contributed by atoms with Crippen molar-refractivity contribution in [3.05, 3.63) is 39.8 Å². The highest BCUT2D eigenvalue weighted by Crippen LogP contribution is 2.36. The molecule has 0 radical (unpaired) electrons. The Balaban J connectivity index is 2.37. The molecule has 1 heterocycles. The lowest BCUT2D eigenvalue weighted by molar-refractivity contribution is -0.136. The number of benzene rings is 1. The Morgan fingerprint density at radius 2 is 1.74 bits per heavy atom. The number of hydrogen-bond donors (Lipinski definition) is 0. The summed E-state index contributed by atoms with van der Waals surface area (Å²) >= 11 is 1.47. The van der Waals surface area contributed by atoms with Crippen LogP contribution in [0.25, 0.3) is 5.57 Å². The van der Waals surface area contributed by atoms with E-state index in [9.17, 15) is 9.59 Å². The van der Waals surface area contributed by atoms with Crippen LogP contribution in [-0.4, -0.2) is 29.0 Å². The van der Waals surface area contributed by atoms with Crippen LogP contribution in [0.5, 0.6) is 0 Å². The van der Waals surface area contributed by atoms with E-state index < -0.39 is 0 Å². The molecule has 0 fully saturated rings. The number of aryl methyl sites for hydroxylation is 2. The molecule has 23 heavy (non-hydrogen) atoms. The SMILES string of the molecule is CCCCCN1C(=O)C(SCC)=C(c2ccc(C)c(C)c2)C1=O. The number of hydrogen-bond acceptors (Lipinski definition) is 3. The van der Waals surface area contributed by atoms with Gasteiger partial charge in [0, 0.05) is 6.54 Å². The second-order valence-corrected chi connectivity index (χ2v) is 7.18. The first-order chi connectivity index (χ1) is 11.0. The Hall–Kier alpha value is -1.55. The summed E-state index contributed by atoms with van der Waals surface area (Å²) in [5, 5.41) is 0. The fourth-order valence-electron chi connectivity index (χ4n) is 2.71. The molecule has 1 aliphatic heterocycles. The van der Waals surface area contributed by atoms with Gasteiger partial charge in [-0.15, -0.1) is 11.8 Å². The van der Waals surface area contributed by atoms with Crippen molar-refractivity contribution in [3.8, 4) is 0 Å². The number of thioether (sulfide) groups is 1.